The molecule has 3 N–H and O–H groups in total. The molecule has 0 radical (unpaired) electrons. The second kappa shape index (κ2) is 9.55. The van der Waals surface area contributed by atoms with Crippen molar-refractivity contribution in [1.82, 2.24) is 0 Å². The van der Waals surface area contributed by atoms with Crippen LogP contribution in [0, 0.1) is 6.92 Å². The summed E-state index contributed by atoms with van der Waals surface area (Å²) >= 11 is 5.98. The van der Waals surface area contributed by atoms with E-state index in [-0.39, 0.29) is 16.4 Å². The number of hydrogen-bond acceptors (Lipinski definition) is 3. The predicted molar refractivity (Wildman–Crippen MR) is 121 cm³/mol. The maximum absolute atomic E-state index is 12.7. The van der Waals surface area contributed by atoms with E-state index in [2.05, 4.69) is 4.99 Å². The molecule has 0 aromatic heterocycles. The number of nitrogens with two attached hydrogens (primary N) is 1. The minimum absolute atomic E-state index is 0.0144. The predicted octanol–water partition coefficient (Wildman–Crippen LogP) is 4.71. The van der Waals surface area contributed by atoms with E-state index in [4.69, 9.17) is 27.2 Å². The van der Waals surface area contributed by atoms with Gasteiger partial charge in [0.1, 0.15) is 5.84 Å². The molecule has 7 heteroatoms. The van der Waals surface area contributed by atoms with Gasteiger partial charge in [-0.05, 0) is 53.4 Å². The van der Waals surface area contributed by atoms with E-state index >= 15 is 0 Å². The Balaban J connectivity index is 1.94. The number of aryl methyl sites for hydroxylation is 1. The molecular weight excluding hydrogens is 416 g/mol. The van der Waals surface area contributed by atoms with Crippen LogP contribution in [0.2, 0.25) is 5.02 Å². The molecule has 3 rings (SSSR count). The quantitative estimate of drug-likeness (QED) is 0.430. The highest BCUT2D eigenvalue weighted by Gasteiger charge is 2.14. The fourth-order valence-corrected chi connectivity index (χ4v) is 3.49. The molecule has 0 bridgehead atoms. The maximum atomic E-state index is 12.7. The molecule has 6 nitrogen and oxygen atoms in total. The summed E-state index contributed by atoms with van der Waals surface area (Å²) in [6, 6.07) is 17.4. The van der Waals surface area contributed by atoms with Crippen molar-refractivity contribution in [2.24, 2.45) is 10.7 Å². The minimum atomic E-state index is -1.15. The lowest BCUT2D eigenvalue weighted by atomic mass is 9.94. The number of carboxylic acid groups (broad SMARTS) is 1. The molecule has 0 aliphatic carbocycles. The van der Waals surface area contributed by atoms with Crippen LogP contribution in [-0.2, 0) is 11.3 Å². The molecule has 0 saturated carbocycles. The van der Waals surface area contributed by atoms with Gasteiger partial charge in [0, 0.05) is 18.2 Å². The van der Waals surface area contributed by atoms with Crippen molar-refractivity contribution in [1.29, 1.82) is 0 Å². The number of carbonyl (C=O) groups is 2. The Morgan fingerprint density at radius 3 is 2.39 bits per heavy atom. The number of rotatable bonds is 6. The summed E-state index contributed by atoms with van der Waals surface area (Å²) in [7, 11) is 1.59. The van der Waals surface area contributed by atoms with Crippen molar-refractivity contribution < 1.29 is 19.4 Å². The molecule has 31 heavy (non-hydrogen) atoms. The largest absolute Gasteiger partial charge is 0.478 e. The molecule has 3 aromatic rings. The zero-order chi connectivity index (χ0) is 22.5. The van der Waals surface area contributed by atoms with Crippen molar-refractivity contribution in [2.45, 2.75) is 13.5 Å². The maximum Gasteiger partial charge on any atom is 0.337 e. The number of amides is 1. The molecule has 0 heterocycles. The summed E-state index contributed by atoms with van der Waals surface area (Å²) in [6.07, 6.45) is 0. The van der Waals surface area contributed by atoms with Crippen LogP contribution in [0.4, 0.5) is 0 Å². The Bertz CT molecular complexity index is 1190. The third-order valence-corrected chi connectivity index (χ3v) is 5.12. The number of aliphatic imine (C=N–C) groups is 1. The highest BCUT2D eigenvalue weighted by Crippen LogP contribution is 2.28. The Hall–Kier alpha value is -3.48. The summed E-state index contributed by atoms with van der Waals surface area (Å²) < 4.78 is 5.32. The van der Waals surface area contributed by atoms with Crippen LogP contribution in [0.3, 0.4) is 0 Å². The minimum Gasteiger partial charge on any atom is -0.478 e. The molecular formula is C24H21ClN2O4. The van der Waals surface area contributed by atoms with E-state index in [1.54, 1.807) is 19.2 Å². The number of carboxylic acids is 1. The molecule has 0 aliphatic rings. The summed E-state index contributed by atoms with van der Waals surface area (Å²) in [5.74, 6) is -1.73. The zero-order valence-electron chi connectivity index (χ0n) is 17.1. The summed E-state index contributed by atoms with van der Waals surface area (Å²) in [5.41, 5.74) is 10.6. The number of halogens is 1. The van der Waals surface area contributed by atoms with E-state index in [0.717, 1.165) is 22.3 Å². The van der Waals surface area contributed by atoms with Crippen LogP contribution in [0.1, 0.15) is 37.4 Å². The second-order valence-corrected chi connectivity index (χ2v) is 7.33. The number of amidine groups is 1. The Kier molecular flexibility index (Phi) is 6.84. The van der Waals surface area contributed by atoms with Crippen LogP contribution in [0.25, 0.3) is 11.1 Å². The number of nitrogens with zero attached hydrogens (tertiary/aromatic N) is 1. The van der Waals surface area contributed by atoms with E-state index < -0.39 is 11.9 Å². The van der Waals surface area contributed by atoms with Crippen LogP contribution in [0.5, 0.6) is 0 Å². The standard InChI is InChI=1S/C24H21ClN2O4/c1-14-5-3-4-6-18(14)19-9-8-16(11-17(19)13-31-2)23(28)27-22(26)15-7-10-20(24(29)30)21(25)12-15/h3-12H,13H2,1-2H3,(H,29,30)(H2,26,27,28). The summed E-state index contributed by atoms with van der Waals surface area (Å²) in [4.78, 5) is 27.8. The third-order valence-electron chi connectivity index (χ3n) is 4.80. The Morgan fingerprint density at radius 1 is 1.03 bits per heavy atom. The number of ether oxygens (including phenoxy) is 1. The first kappa shape index (κ1) is 22.2. The molecule has 158 valence electrons. The molecule has 3 aromatic carbocycles. The van der Waals surface area contributed by atoms with Gasteiger partial charge in [0.2, 0.25) is 0 Å². The smallest absolute Gasteiger partial charge is 0.337 e. The van der Waals surface area contributed by atoms with Gasteiger partial charge >= 0.3 is 5.97 Å². The van der Waals surface area contributed by atoms with Gasteiger partial charge < -0.3 is 15.6 Å². The molecule has 0 atom stereocenters. The van der Waals surface area contributed by atoms with E-state index in [1.165, 1.54) is 18.2 Å². The molecule has 1 amide bonds. The van der Waals surface area contributed by atoms with E-state index in [9.17, 15) is 9.59 Å². The number of methoxy groups -OCH3 is 1. The zero-order valence-corrected chi connectivity index (χ0v) is 17.8. The van der Waals surface area contributed by atoms with Crippen molar-refractivity contribution in [3.8, 4) is 11.1 Å². The van der Waals surface area contributed by atoms with Gasteiger partial charge in [-0.1, -0.05) is 48.0 Å². The average Bonchev–Trinajstić information content (AvgIpc) is 2.74. The second-order valence-electron chi connectivity index (χ2n) is 6.92. The van der Waals surface area contributed by atoms with Crippen molar-refractivity contribution in [3.63, 3.8) is 0 Å². The van der Waals surface area contributed by atoms with Crippen molar-refractivity contribution >= 4 is 29.3 Å². The first-order valence-electron chi connectivity index (χ1n) is 9.41. The summed E-state index contributed by atoms with van der Waals surface area (Å²) in [5, 5.41) is 9.08. The van der Waals surface area contributed by atoms with E-state index in [1.807, 2.05) is 37.3 Å². The normalized spacial score (nSPS) is 11.4. The third kappa shape index (κ3) is 4.99. The lowest BCUT2D eigenvalue weighted by Gasteiger charge is -2.13. The molecule has 0 aliphatic heterocycles. The highest BCUT2D eigenvalue weighted by atomic mass is 35.5. The molecule has 0 spiro atoms. The number of hydrogen-bond donors (Lipinski definition) is 2. The molecule has 0 fully saturated rings. The van der Waals surface area contributed by atoms with Gasteiger partial charge in [0.25, 0.3) is 5.91 Å². The van der Waals surface area contributed by atoms with Crippen LogP contribution in [0.15, 0.2) is 65.7 Å². The first-order chi connectivity index (χ1) is 14.8. The number of benzene rings is 3. The van der Waals surface area contributed by atoms with Gasteiger partial charge in [-0.15, -0.1) is 0 Å². The van der Waals surface area contributed by atoms with Gasteiger partial charge in [-0.3, -0.25) is 4.79 Å². The monoisotopic (exact) mass is 436 g/mol. The van der Waals surface area contributed by atoms with E-state index in [0.29, 0.717) is 17.7 Å². The molecule has 0 unspecified atom stereocenters. The average molecular weight is 437 g/mol. The fourth-order valence-electron chi connectivity index (χ4n) is 3.23. The Labute approximate surface area is 185 Å². The number of aromatic carboxylic acids is 1. The SMILES string of the molecule is COCc1cc(C(=O)N=C(N)c2ccc(C(=O)O)c(Cl)c2)ccc1-c1ccccc1C. The highest BCUT2D eigenvalue weighted by molar-refractivity contribution is 6.34. The summed E-state index contributed by atoms with van der Waals surface area (Å²) in [6.45, 7) is 2.35. The lowest BCUT2D eigenvalue weighted by molar-refractivity contribution is 0.0696. The van der Waals surface area contributed by atoms with Crippen LogP contribution in [-0.4, -0.2) is 29.9 Å². The van der Waals surface area contributed by atoms with Gasteiger partial charge in [-0.25, -0.2) is 4.79 Å². The molecule has 0 saturated heterocycles. The fraction of sp³-hybridized carbons (Fsp3) is 0.125. The number of carbonyl (C=O) groups excluding carboxylic acids is 1. The van der Waals surface area contributed by atoms with Crippen molar-refractivity contribution in [2.75, 3.05) is 7.11 Å². The van der Waals surface area contributed by atoms with Gasteiger partial charge in [-0.2, -0.15) is 4.99 Å². The van der Waals surface area contributed by atoms with Gasteiger partial charge in [0.15, 0.2) is 0 Å². The van der Waals surface area contributed by atoms with Gasteiger partial charge in [0.05, 0.1) is 17.2 Å². The topological polar surface area (TPSA) is 102 Å². The van der Waals surface area contributed by atoms with Crippen molar-refractivity contribution in [3.05, 3.63) is 93.5 Å². The van der Waals surface area contributed by atoms with Crippen LogP contribution >= 0.6 is 11.6 Å². The lowest BCUT2D eigenvalue weighted by Crippen LogP contribution is -2.16. The van der Waals surface area contributed by atoms with Crippen LogP contribution < -0.4 is 5.73 Å². The Morgan fingerprint density at radius 2 is 1.74 bits per heavy atom. The first-order valence-corrected chi connectivity index (χ1v) is 9.79.